The van der Waals surface area contributed by atoms with Gasteiger partial charge in [0.05, 0.1) is 27.8 Å². The number of hydrogen-bond donors (Lipinski definition) is 1. The van der Waals surface area contributed by atoms with Gasteiger partial charge in [-0.05, 0) is 36.8 Å². The molecule has 1 unspecified atom stereocenters. The number of fused-ring (bicyclic) bond motifs is 1. The average Bonchev–Trinajstić information content (AvgIpc) is 3.56. The number of H-pyrrole nitrogens is 1. The number of carbonyl (C=O) groups is 1. The van der Waals surface area contributed by atoms with Crippen LogP contribution in [0.25, 0.3) is 33.8 Å². The fraction of sp³-hybridized carbons (Fsp3) is 0.448. The van der Waals surface area contributed by atoms with Gasteiger partial charge >= 0.3 is 5.76 Å². The summed E-state index contributed by atoms with van der Waals surface area (Å²) in [6.07, 6.45) is 9.87. The van der Waals surface area contributed by atoms with E-state index >= 15 is 0 Å². The molecule has 2 fully saturated rings. The molecule has 4 aromatic rings. The zero-order valence-electron chi connectivity index (χ0n) is 23.2. The van der Waals surface area contributed by atoms with Crippen molar-refractivity contribution in [1.29, 1.82) is 0 Å². The minimum Gasteiger partial charge on any atom is -0.339 e. The standard InChI is InChI=1S/C29H33ClN8O3/c1-4-22-16-36(18(3)39)9-10-37(22)28-33-23-12-24(27-34-29(40)41-35-27)32-25(20-11-21(30)14-31-13-20)26(23)38(28)15-19-7-5-17(2)6-8-19/h4,11-14,17,19,22H,1,5-10,15-16H2,2-3H3,(H,34,35,40). The molecular formula is C29H33ClN8O3. The molecule has 1 N–H and O–H groups in total. The molecule has 12 heteroatoms. The third-order valence-electron chi connectivity index (χ3n) is 8.33. The van der Waals surface area contributed by atoms with Gasteiger partial charge in [-0.2, -0.15) is 0 Å². The van der Waals surface area contributed by atoms with E-state index in [4.69, 9.17) is 26.1 Å². The fourth-order valence-corrected chi connectivity index (χ4v) is 6.23. The van der Waals surface area contributed by atoms with Gasteiger partial charge in [0, 0.05) is 51.1 Å². The lowest BCUT2D eigenvalue weighted by atomic mass is 9.83. The molecule has 1 saturated carbocycles. The van der Waals surface area contributed by atoms with E-state index in [9.17, 15) is 9.59 Å². The number of piperazine rings is 1. The second kappa shape index (κ2) is 11.1. The molecule has 6 rings (SSSR count). The second-order valence-electron chi connectivity index (χ2n) is 11.2. The number of anilines is 1. The lowest BCUT2D eigenvalue weighted by Crippen LogP contribution is -2.54. The van der Waals surface area contributed by atoms with Crippen molar-refractivity contribution >= 4 is 34.5 Å². The number of hydrogen-bond acceptors (Lipinski definition) is 8. The molecule has 0 radical (unpaired) electrons. The zero-order valence-corrected chi connectivity index (χ0v) is 24.0. The predicted molar refractivity (Wildman–Crippen MR) is 157 cm³/mol. The summed E-state index contributed by atoms with van der Waals surface area (Å²) in [5, 5.41) is 4.36. The predicted octanol–water partition coefficient (Wildman–Crippen LogP) is 4.54. The summed E-state index contributed by atoms with van der Waals surface area (Å²) in [6.45, 7) is 10.5. The first-order valence-corrected chi connectivity index (χ1v) is 14.4. The van der Waals surface area contributed by atoms with Gasteiger partial charge in [-0.25, -0.2) is 14.8 Å². The smallest absolute Gasteiger partial charge is 0.339 e. The van der Waals surface area contributed by atoms with Gasteiger partial charge in [-0.15, -0.1) is 6.58 Å². The number of carbonyl (C=O) groups excluding carboxylic acids is 1. The van der Waals surface area contributed by atoms with E-state index in [2.05, 4.69) is 38.1 Å². The highest BCUT2D eigenvalue weighted by atomic mass is 35.5. The van der Waals surface area contributed by atoms with Crippen LogP contribution in [0.3, 0.4) is 0 Å². The first-order chi connectivity index (χ1) is 19.8. The summed E-state index contributed by atoms with van der Waals surface area (Å²) in [5.74, 6) is 1.62. The third kappa shape index (κ3) is 5.38. The molecule has 1 amide bonds. The molecule has 0 spiro atoms. The summed E-state index contributed by atoms with van der Waals surface area (Å²) in [7, 11) is 0. The van der Waals surface area contributed by atoms with Crippen molar-refractivity contribution < 1.29 is 9.32 Å². The monoisotopic (exact) mass is 576 g/mol. The van der Waals surface area contributed by atoms with Crippen LogP contribution in [0, 0.1) is 11.8 Å². The van der Waals surface area contributed by atoms with Gasteiger partial charge < -0.3 is 14.4 Å². The lowest BCUT2D eigenvalue weighted by molar-refractivity contribution is -0.129. The number of rotatable bonds is 6. The number of halogens is 1. The molecule has 1 saturated heterocycles. The summed E-state index contributed by atoms with van der Waals surface area (Å²) < 4.78 is 7.05. The number of pyridine rings is 2. The fourth-order valence-electron chi connectivity index (χ4n) is 6.06. The van der Waals surface area contributed by atoms with Crippen LogP contribution >= 0.6 is 11.6 Å². The Labute approximate surface area is 242 Å². The lowest BCUT2D eigenvalue weighted by Gasteiger charge is -2.40. The number of nitrogens with one attached hydrogen (secondary N) is 1. The molecule has 0 bridgehead atoms. The first-order valence-electron chi connectivity index (χ1n) is 14.0. The molecular weight excluding hydrogens is 544 g/mol. The van der Waals surface area contributed by atoms with Gasteiger partial charge in [0.1, 0.15) is 5.69 Å². The molecule has 1 atom stereocenters. The summed E-state index contributed by atoms with van der Waals surface area (Å²) >= 11 is 6.38. The highest BCUT2D eigenvalue weighted by Gasteiger charge is 2.32. The second-order valence-corrected chi connectivity index (χ2v) is 11.6. The molecule has 4 aromatic heterocycles. The highest BCUT2D eigenvalue weighted by Crippen LogP contribution is 2.37. The number of amides is 1. The molecule has 1 aliphatic heterocycles. The minimum absolute atomic E-state index is 0.0486. The molecule has 11 nitrogen and oxygen atoms in total. The maximum absolute atomic E-state index is 12.2. The van der Waals surface area contributed by atoms with E-state index in [1.165, 1.54) is 12.8 Å². The van der Waals surface area contributed by atoms with Gasteiger partial charge in [-0.3, -0.25) is 19.3 Å². The van der Waals surface area contributed by atoms with E-state index in [0.717, 1.165) is 42.3 Å². The zero-order chi connectivity index (χ0) is 28.7. The van der Waals surface area contributed by atoms with Crippen molar-refractivity contribution in [1.82, 2.24) is 34.6 Å². The summed E-state index contributed by atoms with van der Waals surface area (Å²) in [6, 6.07) is 3.54. The van der Waals surface area contributed by atoms with Crippen LogP contribution in [-0.2, 0) is 11.3 Å². The third-order valence-corrected chi connectivity index (χ3v) is 8.54. The molecule has 1 aliphatic carbocycles. The number of imidazole rings is 1. The van der Waals surface area contributed by atoms with Crippen molar-refractivity contribution in [3.63, 3.8) is 0 Å². The van der Waals surface area contributed by atoms with E-state index in [-0.39, 0.29) is 17.8 Å². The SMILES string of the molecule is C=CC1CN(C(C)=O)CCN1c1nc2cc(-c3noc(=O)[nH]3)nc(-c3cncc(Cl)c3)c2n1CC1CCC(C)CC1. The van der Waals surface area contributed by atoms with Crippen LogP contribution in [-0.4, -0.2) is 66.1 Å². The first kappa shape index (κ1) is 27.2. The van der Waals surface area contributed by atoms with Crippen molar-refractivity contribution in [2.24, 2.45) is 11.8 Å². The average molecular weight is 577 g/mol. The number of aromatic amines is 1. The Morgan fingerprint density at radius 2 is 2.00 bits per heavy atom. The Morgan fingerprint density at radius 1 is 1.20 bits per heavy atom. The molecule has 0 aromatic carbocycles. The van der Waals surface area contributed by atoms with Crippen molar-refractivity contribution in [2.45, 2.75) is 52.1 Å². The van der Waals surface area contributed by atoms with Crippen molar-refractivity contribution in [3.05, 3.63) is 52.8 Å². The molecule has 214 valence electrons. The van der Waals surface area contributed by atoms with Crippen LogP contribution in [0.15, 0.2) is 46.5 Å². The normalized spacial score (nSPS) is 21.4. The van der Waals surface area contributed by atoms with Gasteiger partial charge in [0.15, 0.2) is 0 Å². The topological polar surface area (TPSA) is 126 Å². The summed E-state index contributed by atoms with van der Waals surface area (Å²) in [4.78, 5) is 45.1. The maximum atomic E-state index is 12.2. The number of aromatic nitrogens is 6. The van der Waals surface area contributed by atoms with E-state index in [1.54, 1.807) is 19.3 Å². The maximum Gasteiger partial charge on any atom is 0.439 e. The van der Waals surface area contributed by atoms with Crippen LogP contribution < -0.4 is 10.7 Å². The Hall–Kier alpha value is -3.99. The van der Waals surface area contributed by atoms with Gasteiger partial charge in [0.2, 0.25) is 17.7 Å². The minimum atomic E-state index is -0.664. The van der Waals surface area contributed by atoms with E-state index in [0.29, 0.717) is 47.5 Å². The Kier molecular flexibility index (Phi) is 7.37. The number of nitrogens with zero attached hydrogens (tertiary/aromatic N) is 7. The van der Waals surface area contributed by atoms with Gasteiger partial charge in [0.25, 0.3) is 0 Å². The van der Waals surface area contributed by atoms with E-state index in [1.807, 2.05) is 23.1 Å². The quantitative estimate of drug-likeness (QED) is 0.332. The molecule has 2 aliphatic rings. The van der Waals surface area contributed by atoms with Crippen LogP contribution in [0.1, 0.15) is 39.5 Å². The summed E-state index contributed by atoms with van der Waals surface area (Å²) in [5.41, 5.74) is 3.33. The Balaban J connectivity index is 1.56. The Bertz CT molecular complexity index is 1650. The van der Waals surface area contributed by atoms with Crippen LogP contribution in [0.5, 0.6) is 0 Å². The van der Waals surface area contributed by atoms with Crippen molar-refractivity contribution in [2.75, 3.05) is 24.5 Å². The van der Waals surface area contributed by atoms with Crippen LogP contribution in [0.4, 0.5) is 5.95 Å². The molecule has 5 heterocycles. The van der Waals surface area contributed by atoms with Gasteiger partial charge in [-0.1, -0.05) is 42.6 Å². The van der Waals surface area contributed by atoms with Crippen molar-refractivity contribution in [3.8, 4) is 22.8 Å². The van der Waals surface area contributed by atoms with Crippen LogP contribution in [0.2, 0.25) is 5.02 Å². The highest BCUT2D eigenvalue weighted by molar-refractivity contribution is 6.30. The molecule has 41 heavy (non-hydrogen) atoms. The largest absolute Gasteiger partial charge is 0.439 e. The van der Waals surface area contributed by atoms with E-state index < -0.39 is 5.76 Å². The Morgan fingerprint density at radius 3 is 2.68 bits per heavy atom.